The summed E-state index contributed by atoms with van der Waals surface area (Å²) in [5.41, 5.74) is 9.80. The summed E-state index contributed by atoms with van der Waals surface area (Å²) in [5, 5.41) is 14.3. The molecule has 1 aromatic heterocycles. The molecule has 2 spiro atoms. The number of aliphatic hydroxyl groups excluding tert-OH is 1. The number of nitrogens with one attached hydrogen (secondary N) is 1. The predicted octanol–water partition coefficient (Wildman–Crippen LogP) is 3.95. The van der Waals surface area contributed by atoms with Crippen molar-refractivity contribution in [3.05, 3.63) is 58.4 Å². The van der Waals surface area contributed by atoms with Crippen LogP contribution in [0.2, 0.25) is 5.02 Å². The molecule has 0 saturated heterocycles. The predicted molar refractivity (Wildman–Crippen MR) is 126 cm³/mol. The SMILES string of the molecule is CO[C@H]1CC[C@]2(CC1)Cc1ccc(NC(O)c3ccc(Cl)cn3)cc1C21N=C(C)C(N)=N1. The van der Waals surface area contributed by atoms with Crippen LogP contribution in [0.15, 0.2) is 46.5 Å². The van der Waals surface area contributed by atoms with Gasteiger partial charge in [-0.1, -0.05) is 17.7 Å². The van der Waals surface area contributed by atoms with Gasteiger partial charge in [0.15, 0.2) is 11.9 Å². The highest BCUT2D eigenvalue weighted by atomic mass is 35.5. The van der Waals surface area contributed by atoms with Gasteiger partial charge in [0, 0.05) is 30.0 Å². The number of anilines is 1. The first-order valence-corrected chi connectivity index (χ1v) is 11.4. The Kier molecular flexibility index (Phi) is 5.23. The van der Waals surface area contributed by atoms with Gasteiger partial charge in [-0.2, -0.15) is 0 Å². The number of halogens is 1. The summed E-state index contributed by atoms with van der Waals surface area (Å²) in [6, 6.07) is 9.58. The maximum Gasteiger partial charge on any atom is 0.184 e. The van der Waals surface area contributed by atoms with Crippen LogP contribution >= 0.6 is 11.6 Å². The lowest BCUT2D eigenvalue weighted by molar-refractivity contribution is -0.000373. The Hall–Kier alpha value is -2.48. The fourth-order valence-corrected chi connectivity index (χ4v) is 5.65. The van der Waals surface area contributed by atoms with Gasteiger partial charge in [0.2, 0.25) is 0 Å². The minimum absolute atomic E-state index is 0.109. The number of nitrogens with two attached hydrogens (primary N) is 1. The van der Waals surface area contributed by atoms with Gasteiger partial charge in [-0.25, -0.2) is 4.99 Å². The minimum atomic E-state index is -0.962. The number of benzene rings is 1. The first-order valence-electron chi connectivity index (χ1n) is 11.0. The van der Waals surface area contributed by atoms with Crippen LogP contribution in [0.1, 0.15) is 55.7 Å². The molecule has 2 aromatic rings. The van der Waals surface area contributed by atoms with Crippen LogP contribution in [-0.2, 0) is 16.8 Å². The average molecular weight is 454 g/mol. The van der Waals surface area contributed by atoms with Crippen molar-refractivity contribution >= 4 is 28.8 Å². The number of aromatic nitrogens is 1. The van der Waals surface area contributed by atoms with E-state index in [1.807, 2.05) is 13.0 Å². The molecule has 3 aliphatic rings. The number of methoxy groups -OCH3 is 1. The van der Waals surface area contributed by atoms with E-state index in [1.54, 1.807) is 19.2 Å². The number of nitrogens with zero attached hydrogens (tertiary/aromatic N) is 3. The highest BCUT2D eigenvalue weighted by Gasteiger charge is 2.60. The van der Waals surface area contributed by atoms with Crippen LogP contribution in [0.4, 0.5) is 5.69 Å². The summed E-state index contributed by atoms with van der Waals surface area (Å²) < 4.78 is 5.63. The highest BCUT2D eigenvalue weighted by molar-refractivity contribution is 6.41. The summed E-state index contributed by atoms with van der Waals surface area (Å²) in [4.78, 5) is 14.3. The highest BCUT2D eigenvalue weighted by Crippen LogP contribution is 2.62. The molecule has 0 amide bonds. The Labute approximate surface area is 192 Å². The number of aliphatic imine (C=N–C) groups is 2. The number of amidine groups is 1. The fourth-order valence-electron chi connectivity index (χ4n) is 5.54. The maximum absolute atomic E-state index is 10.6. The first kappa shape index (κ1) is 21.4. The second-order valence-electron chi connectivity index (χ2n) is 9.08. The molecule has 2 aliphatic carbocycles. The smallest absolute Gasteiger partial charge is 0.184 e. The number of ether oxygens (including phenoxy) is 1. The molecule has 0 radical (unpaired) electrons. The van der Waals surface area contributed by atoms with Crippen LogP contribution in [0.25, 0.3) is 0 Å². The van der Waals surface area contributed by atoms with Crippen molar-refractivity contribution in [2.75, 3.05) is 12.4 Å². The van der Waals surface area contributed by atoms with Crippen molar-refractivity contribution in [1.29, 1.82) is 0 Å². The molecule has 4 N–H and O–H groups in total. The van der Waals surface area contributed by atoms with Crippen LogP contribution in [0, 0.1) is 5.41 Å². The molecule has 1 aliphatic heterocycles. The monoisotopic (exact) mass is 453 g/mol. The number of aliphatic hydroxyl groups is 1. The van der Waals surface area contributed by atoms with E-state index < -0.39 is 11.9 Å². The third kappa shape index (κ3) is 3.31. The van der Waals surface area contributed by atoms with Crippen LogP contribution in [0.5, 0.6) is 0 Å². The fraction of sp³-hybridized carbons (Fsp3) is 0.458. The van der Waals surface area contributed by atoms with E-state index in [0.717, 1.165) is 49.1 Å². The summed E-state index contributed by atoms with van der Waals surface area (Å²) >= 11 is 5.92. The molecule has 0 bridgehead atoms. The van der Waals surface area contributed by atoms with Crippen molar-refractivity contribution in [1.82, 2.24) is 4.98 Å². The molecule has 7 nitrogen and oxygen atoms in total. The Balaban J connectivity index is 1.50. The van der Waals surface area contributed by atoms with Crippen molar-refractivity contribution in [2.24, 2.45) is 21.1 Å². The Morgan fingerprint density at radius 2 is 2.00 bits per heavy atom. The van der Waals surface area contributed by atoms with E-state index in [0.29, 0.717) is 16.6 Å². The Morgan fingerprint density at radius 3 is 2.62 bits per heavy atom. The number of rotatable bonds is 4. The van der Waals surface area contributed by atoms with E-state index in [2.05, 4.69) is 22.4 Å². The second-order valence-corrected chi connectivity index (χ2v) is 9.52. The van der Waals surface area contributed by atoms with Gasteiger partial charge >= 0.3 is 0 Å². The van der Waals surface area contributed by atoms with Gasteiger partial charge < -0.3 is 20.9 Å². The van der Waals surface area contributed by atoms with Crippen LogP contribution in [0.3, 0.4) is 0 Å². The van der Waals surface area contributed by atoms with Crippen molar-refractivity contribution in [3.63, 3.8) is 0 Å². The standard InChI is InChI=1S/C24H28ClN5O2/c1-14-21(26)30-24(29-14)19-11-17(28-22(31)20-6-4-16(25)13-27-20)5-3-15(19)12-23(24)9-7-18(32-2)8-10-23/h3-6,11,13,18,22,28,31H,7-10,12H2,1-2H3,(H2,26,30)/t18-,22?,23-,24?. The van der Waals surface area contributed by atoms with Gasteiger partial charge in [0.25, 0.3) is 0 Å². The molecule has 2 unspecified atom stereocenters. The molecule has 2 atom stereocenters. The quantitative estimate of drug-likeness (QED) is 0.608. The number of hydrogen-bond donors (Lipinski definition) is 3. The van der Waals surface area contributed by atoms with Crippen molar-refractivity contribution in [2.45, 2.75) is 57.0 Å². The lowest BCUT2D eigenvalue weighted by atomic mass is 9.65. The zero-order chi connectivity index (χ0) is 22.5. The van der Waals surface area contributed by atoms with Crippen molar-refractivity contribution < 1.29 is 9.84 Å². The first-order chi connectivity index (χ1) is 15.4. The molecule has 1 fully saturated rings. The zero-order valence-corrected chi connectivity index (χ0v) is 19.1. The van der Waals surface area contributed by atoms with Crippen LogP contribution < -0.4 is 11.1 Å². The second kappa shape index (κ2) is 7.83. The third-order valence-corrected chi connectivity index (χ3v) is 7.52. The van der Waals surface area contributed by atoms with Gasteiger partial charge in [-0.15, -0.1) is 0 Å². The summed E-state index contributed by atoms with van der Waals surface area (Å²) in [6.07, 6.45) is 5.69. The van der Waals surface area contributed by atoms with Crippen molar-refractivity contribution in [3.8, 4) is 0 Å². The maximum atomic E-state index is 10.6. The summed E-state index contributed by atoms with van der Waals surface area (Å²) in [7, 11) is 1.79. The normalized spacial score (nSPS) is 29.7. The Bertz CT molecular complexity index is 1070. The minimum Gasteiger partial charge on any atom is -0.382 e. The average Bonchev–Trinajstić information content (AvgIpc) is 3.23. The van der Waals surface area contributed by atoms with Crippen LogP contribution in [-0.4, -0.2) is 34.9 Å². The molecular formula is C24H28ClN5O2. The van der Waals surface area contributed by atoms with Gasteiger partial charge in [-0.3, -0.25) is 9.98 Å². The zero-order valence-electron chi connectivity index (χ0n) is 18.3. The molecule has 2 heterocycles. The van der Waals surface area contributed by atoms with E-state index in [1.165, 1.54) is 11.8 Å². The lowest BCUT2D eigenvalue weighted by Crippen LogP contribution is -2.43. The van der Waals surface area contributed by atoms with Gasteiger partial charge in [-0.05, 0) is 68.9 Å². The van der Waals surface area contributed by atoms with E-state index in [4.69, 9.17) is 32.1 Å². The molecular weight excluding hydrogens is 426 g/mol. The molecule has 168 valence electrons. The number of hydrogen-bond acceptors (Lipinski definition) is 7. The Morgan fingerprint density at radius 1 is 1.22 bits per heavy atom. The molecule has 5 rings (SSSR count). The van der Waals surface area contributed by atoms with E-state index in [-0.39, 0.29) is 11.5 Å². The number of pyridine rings is 1. The molecule has 8 heteroatoms. The van der Waals surface area contributed by atoms with E-state index in [9.17, 15) is 5.11 Å². The largest absolute Gasteiger partial charge is 0.382 e. The van der Waals surface area contributed by atoms with E-state index >= 15 is 0 Å². The van der Waals surface area contributed by atoms with Gasteiger partial charge in [0.1, 0.15) is 5.84 Å². The topological polar surface area (TPSA) is 105 Å². The summed E-state index contributed by atoms with van der Waals surface area (Å²) in [5.74, 6) is 0.509. The lowest BCUT2D eigenvalue weighted by Gasteiger charge is -2.44. The summed E-state index contributed by atoms with van der Waals surface area (Å²) in [6.45, 7) is 1.93. The third-order valence-electron chi connectivity index (χ3n) is 7.29. The molecule has 1 aromatic carbocycles. The molecule has 32 heavy (non-hydrogen) atoms. The number of fused-ring (bicyclic) bond motifs is 3. The van der Waals surface area contributed by atoms with Gasteiger partial charge in [0.05, 0.1) is 22.5 Å². The molecule has 1 saturated carbocycles.